The van der Waals surface area contributed by atoms with Crippen molar-refractivity contribution in [2.24, 2.45) is 17.8 Å². The molecular formula is C24H32F5N5O4. The van der Waals surface area contributed by atoms with Gasteiger partial charge in [-0.25, -0.2) is 8.78 Å². The molecule has 9 nitrogen and oxygen atoms in total. The van der Waals surface area contributed by atoms with E-state index in [0.717, 1.165) is 4.90 Å². The number of alkyl halides is 5. The molecule has 0 aromatic carbocycles. The summed E-state index contributed by atoms with van der Waals surface area (Å²) in [6.45, 7) is 3.71. The number of rotatable bonds is 8. The van der Waals surface area contributed by atoms with Crippen LogP contribution in [0, 0.1) is 29.1 Å². The second kappa shape index (κ2) is 11.4. The number of piperidine rings is 3. The van der Waals surface area contributed by atoms with Crippen molar-refractivity contribution in [2.45, 2.75) is 95.1 Å². The van der Waals surface area contributed by atoms with Crippen LogP contribution in [0.3, 0.4) is 0 Å². The third-order valence-electron chi connectivity index (χ3n) is 7.42. The van der Waals surface area contributed by atoms with Gasteiger partial charge in [0.15, 0.2) is 0 Å². The Balaban J connectivity index is 1.87. The van der Waals surface area contributed by atoms with Crippen LogP contribution >= 0.6 is 0 Å². The average Bonchev–Trinajstić information content (AvgIpc) is 2.82. The molecule has 4 rings (SSSR count). The summed E-state index contributed by atoms with van der Waals surface area (Å²) in [5, 5.41) is 16.3. The molecule has 38 heavy (non-hydrogen) atoms. The van der Waals surface area contributed by atoms with Crippen LogP contribution in [0.25, 0.3) is 0 Å². The minimum atomic E-state index is -5.27. The molecule has 0 radical (unpaired) electrons. The Hall–Kier alpha value is -2.98. The van der Waals surface area contributed by atoms with Gasteiger partial charge in [-0.1, -0.05) is 13.8 Å². The standard InChI is InChI=1S/C24H32F5N5O4/c1-12(2)8-17(33-22(38)24(27,28)29)21(37)34-15-5-6-16(23(25,26)10-15)18(34)20(36)32-14(11-30)9-13-4-3-7-31-19(13)35/h12-18H,3-10H2,1-2H3,(H,31,35)(H,32,36)(H,33,38)/t13-,14+,15-,16-,17-,18+/m0/s1. The second-order valence-corrected chi connectivity index (χ2v) is 10.7. The molecule has 3 N–H and O–H groups in total. The predicted octanol–water partition coefficient (Wildman–Crippen LogP) is 2.02. The van der Waals surface area contributed by atoms with E-state index in [-0.39, 0.29) is 37.5 Å². The molecule has 0 aromatic rings. The average molecular weight is 550 g/mol. The Morgan fingerprint density at radius 3 is 2.42 bits per heavy atom. The first-order valence-electron chi connectivity index (χ1n) is 12.7. The van der Waals surface area contributed by atoms with Crippen molar-refractivity contribution in [3.63, 3.8) is 0 Å². The van der Waals surface area contributed by atoms with Crippen LogP contribution in [0.1, 0.15) is 58.8 Å². The largest absolute Gasteiger partial charge is 0.471 e. The Morgan fingerprint density at radius 2 is 1.87 bits per heavy atom. The lowest BCUT2D eigenvalue weighted by Gasteiger charge is -2.54. The van der Waals surface area contributed by atoms with Crippen LogP contribution in [-0.4, -0.2) is 71.3 Å². The van der Waals surface area contributed by atoms with E-state index in [1.54, 1.807) is 19.2 Å². The summed E-state index contributed by atoms with van der Waals surface area (Å²) in [7, 11) is 0. The summed E-state index contributed by atoms with van der Waals surface area (Å²) in [6.07, 6.45) is -5.15. The highest BCUT2D eigenvalue weighted by atomic mass is 19.4. The number of amides is 4. The number of nitrogens with one attached hydrogen (secondary N) is 3. The molecule has 1 aliphatic carbocycles. The zero-order chi connectivity index (χ0) is 28.4. The molecule has 14 heteroatoms. The summed E-state index contributed by atoms with van der Waals surface area (Å²) >= 11 is 0. The van der Waals surface area contributed by atoms with E-state index in [4.69, 9.17) is 0 Å². The molecule has 4 fully saturated rings. The van der Waals surface area contributed by atoms with Crippen molar-refractivity contribution < 1.29 is 41.1 Å². The fraction of sp³-hybridized carbons (Fsp3) is 0.792. The van der Waals surface area contributed by atoms with E-state index in [1.165, 1.54) is 0 Å². The number of fused-ring (bicyclic) bond motifs is 3. The van der Waals surface area contributed by atoms with Gasteiger partial charge in [0.25, 0.3) is 5.92 Å². The number of nitrogens with zero attached hydrogens (tertiary/aromatic N) is 2. The number of hydrogen-bond acceptors (Lipinski definition) is 5. The second-order valence-electron chi connectivity index (χ2n) is 10.7. The lowest BCUT2D eigenvalue weighted by atomic mass is 9.71. The summed E-state index contributed by atoms with van der Waals surface area (Å²) in [5.41, 5.74) is 0. The number of nitriles is 1. The van der Waals surface area contributed by atoms with Gasteiger partial charge in [0.2, 0.25) is 17.7 Å². The van der Waals surface area contributed by atoms with E-state index in [9.17, 15) is 46.4 Å². The SMILES string of the molecule is CC(C)C[C@H](NC(=O)C(F)(F)F)C(=O)N1[C@H]2CC[C@@H]([C@@H]1C(=O)N[C@@H](C#N)C[C@@H]1CCCNC1=O)C(F)(F)C2. The highest BCUT2D eigenvalue weighted by molar-refractivity contribution is 5.94. The van der Waals surface area contributed by atoms with Gasteiger partial charge < -0.3 is 20.9 Å². The lowest BCUT2D eigenvalue weighted by molar-refractivity contribution is -0.196. The highest BCUT2D eigenvalue weighted by Crippen LogP contribution is 2.49. The zero-order valence-electron chi connectivity index (χ0n) is 21.1. The molecule has 212 valence electrons. The van der Waals surface area contributed by atoms with Gasteiger partial charge in [0.05, 0.1) is 12.0 Å². The van der Waals surface area contributed by atoms with Crippen LogP contribution < -0.4 is 16.0 Å². The minimum absolute atomic E-state index is 0.0587. The predicted molar refractivity (Wildman–Crippen MR) is 122 cm³/mol. The topological polar surface area (TPSA) is 131 Å². The zero-order valence-corrected chi connectivity index (χ0v) is 21.1. The smallest absolute Gasteiger partial charge is 0.356 e. The van der Waals surface area contributed by atoms with Gasteiger partial charge in [-0.15, -0.1) is 0 Å². The van der Waals surface area contributed by atoms with Crippen molar-refractivity contribution in [1.29, 1.82) is 5.26 Å². The summed E-state index contributed by atoms with van der Waals surface area (Å²) < 4.78 is 68.7. The van der Waals surface area contributed by atoms with Crippen molar-refractivity contribution in [3.05, 3.63) is 0 Å². The lowest BCUT2D eigenvalue weighted by Crippen LogP contribution is -2.71. The van der Waals surface area contributed by atoms with Gasteiger partial charge in [-0.2, -0.15) is 18.4 Å². The molecule has 4 aliphatic rings. The molecular weight excluding hydrogens is 517 g/mol. The maximum Gasteiger partial charge on any atom is 0.471 e. The van der Waals surface area contributed by atoms with Gasteiger partial charge in [-0.3, -0.25) is 19.2 Å². The molecule has 2 bridgehead atoms. The fourth-order valence-electron chi connectivity index (χ4n) is 5.68. The van der Waals surface area contributed by atoms with Crippen LogP contribution in [0.4, 0.5) is 22.0 Å². The monoisotopic (exact) mass is 549 g/mol. The maximum absolute atomic E-state index is 14.9. The normalized spacial score (nSPS) is 28.2. The number of carbonyl (C=O) groups excluding carboxylic acids is 4. The molecule has 0 spiro atoms. The first kappa shape index (κ1) is 29.6. The maximum atomic E-state index is 14.9. The van der Waals surface area contributed by atoms with Gasteiger partial charge in [-0.05, 0) is 44.4 Å². The van der Waals surface area contributed by atoms with Crippen LogP contribution in [0.2, 0.25) is 0 Å². The highest BCUT2D eigenvalue weighted by Gasteiger charge is 2.61. The first-order chi connectivity index (χ1) is 17.7. The third kappa shape index (κ3) is 6.53. The van der Waals surface area contributed by atoms with E-state index >= 15 is 0 Å². The Bertz CT molecular complexity index is 982. The van der Waals surface area contributed by atoms with Crippen LogP contribution in [-0.2, 0) is 19.2 Å². The Labute approximate surface area is 216 Å². The quantitative estimate of drug-likeness (QED) is 0.399. The van der Waals surface area contributed by atoms with Crippen molar-refractivity contribution in [2.75, 3.05) is 6.54 Å². The molecule has 1 saturated carbocycles. The van der Waals surface area contributed by atoms with Crippen LogP contribution in [0.15, 0.2) is 0 Å². The van der Waals surface area contributed by atoms with Gasteiger partial charge in [0.1, 0.15) is 18.1 Å². The molecule has 4 amide bonds. The molecule has 6 atom stereocenters. The van der Waals surface area contributed by atoms with E-state index in [2.05, 4.69) is 10.6 Å². The van der Waals surface area contributed by atoms with Crippen molar-refractivity contribution in [3.8, 4) is 6.07 Å². The van der Waals surface area contributed by atoms with Crippen molar-refractivity contribution >= 4 is 23.6 Å². The molecule has 0 aromatic heterocycles. The number of halogens is 5. The minimum Gasteiger partial charge on any atom is -0.356 e. The molecule has 3 heterocycles. The number of carbonyl (C=O) groups is 4. The van der Waals surface area contributed by atoms with E-state index in [0.29, 0.717) is 19.4 Å². The van der Waals surface area contributed by atoms with Crippen molar-refractivity contribution in [1.82, 2.24) is 20.9 Å². The third-order valence-corrected chi connectivity index (χ3v) is 7.42. The molecule has 3 saturated heterocycles. The summed E-state index contributed by atoms with van der Waals surface area (Å²) in [6, 6.07) is -3.93. The Kier molecular flexibility index (Phi) is 8.88. The van der Waals surface area contributed by atoms with E-state index < -0.39 is 72.2 Å². The summed E-state index contributed by atoms with van der Waals surface area (Å²) in [4.78, 5) is 51.5. The first-order valence-corrected chi connectivity index (χ1v) is 12.7. The van der Waals surface area contributed by atoms with Gasteiger partial charge in [0, 0.05) is 24.9 Å². The molecule has 3 aliphatic heterocycles. The number of hydrogen-bond donors (Lipinski definition) is 3. The summed E-state index contributed by atoms with van der Waals surface area (Å²) in [5.74, 6) is -10.6. The Morgan fingerprint density at radius 1 is 1.18 bits per heavy atom. The molecule has 0 unspecified atom stereocenters. The fourth-order valence-corrected chi connectivity index (χ4v) is 5.68. The van der Waals surface area contributed by atoms with E-state index in [1.807, 2.05) is 6.07 Å². The van der Waals surface area contributed by atoms with Crippen LogP contribution in [0.5, 0.6) is 0 Å². The van der Waals surface area contributed by atoms with Gasteiger partial charge >= 0.3 is 12.1 Å².